The smallest absolute Gasteiger partial charge is 0.171 e. The average Bonchev–Trinajstić information content (AvgIpc) is 2.04. The lowest BCUT2D eigenvalue weighted by atomic mass is 10.3. The number of rotatable bonds is 2. The van der Waals surface area contributed by atoms with Crippen LogP contribution in [-0.2, 0) is 13.6 Å². The molecule has 0 aromatic rings. The number of hydrogen-bond donors (Lipinski definition) is 0. The van der Waals surface area contributed by atoms with Crippen LogP contribution in [0.5, 0.6) is 0 Å². The van der Waals surface area contributed by atoms with E-state index in [0.29, 0.717) is 6.61 Å². The van der Waals surface area contributed by atoms with Gasteiger partial charge in [0.05, 0.1) is 7.11 Å². The van der Waals surface area contributed by atoms with Crippen molar-refractivity contribution in [3.63, 3.8) is 0 Å². The summed E-state index contributed by atoms with van der Waals surface area (Å²) >= 11 is 0. The van der Waals surface area contributed by atoms with Gasteiger partial charge in [-0.3, -0.25) is 0 Å². The summed E-state index contributed by atoms with van der Waals surface area (Å²) in [6.45, 7) is 2.66. The van der Waals surface area contributed by atoms with Gasteiger partial charge < -0.3 is 0 Å². The van der Waals surface area contributed by atoms with E-state index < -0.39 is 7.15 Å². The van der Waals surface area contributed by atoms with Crippen LogP contribution in [0.2, 0.25) is 0 Å². The van der Waals surface area contributed by atoms with E-state index in [0.717, 1.165) is 17.0 Å². The molecule has 1 rings (SSSR count). The Morgan fingerprint density at radius 3 is 2.82 bits per heavy atom. The van der Waals surface area contributed by atoms with E-state index in [1.807, 2.05) is 6.92 Å². The fraction of sp³-hybridized carbons (Fsp3) is 1.00. The molecule has 1 aliphatic heterocycles. The van der Waals surface area contributed by atoms with Crippen LogP contribution in [-0.4, -0.2) is 19.8 Å². The summed E-state index contributed by atoms with van der Waals surface area (Å²) < 4.78 is 15.9. The Kier molecular flexibility index (Phi) is 3.89. The van der Waals surface area contributed by atoms with E-state index in [2.05, 4.69) is 0 Å². The van der Waals surface area contributed by atoms with E-state index >= 15 is 0 Å². The standard InChI is InChI=1S/C5H11ClO3PS/c1-5-3-4-8-10(7-2,9-5)11-6/h5H,3-4H2,1-2H3/q+1/t5-,10?/m1/s1. The summed E-state index contributed by atoms with van der Waals surface area (Å²) in [5.74, 6) is 0. The molecule has 6 heteroatoms. The predicted molar refractivity (Wildman–Crippen MR) is 48.5 cm³/mol. The molecule has 0 radical (unpaired) electrons. The minimum atomic E-state index is -2.23. The first-order chi connectivity index (χ1) is 5.22. The molecule has 2 atom stereocenters. The molecule has 0 aliphatic carbocycles. The summed E-state index contributed by atoms with van der Waals surface area (Å²) in [5.41, 5.74) is 0. The quantitative estimate of drug-likeness (QED) is 0.665. The van der Waals surface area contributed by atoms with Crippen molar-refractivity contribution in [2.45, 2.75) is 19.4 Å². The maximum Gasteiger partial charge on any atom is 0.497 e. The maximum absolute atomic E-state index is 5.59. The van der Waals surface area contributed by atoms with Crippen molar-refractivity contribution >= 4 is 28.4 Å². The summed E-state index contributed by atoms with van der Waals surface area (Å²) in [6.07, 6.45) is 1.09. The Hall–Kier alpha value is 0.950. The average molecular weight is 218 g/mol. The molecule has 0 aromatic heterocycles. The Morgan fingerprint density at radius 1 is 1.73 bits per heavy atom. The lowest BCUT2D eigenvalue weighted by Gasteiger charge is -2.23. The van der Waals surface area contributed by atoms with Gasteiger partial charge in [0.25, 0.3) is 0 Å². The Bertz CT molecular complexity index is 133. The fourth-order valence-corrected chi connectivity index (χ4v) is 4.26. The van der Waals surface area contributed by atoms with E-state index in [-0.39, 0.29) is 6.10 Å². The van der Waals surface area contributed by atoms with Gasteiger partial charge >= 0.3 is 7.15 Å². The fourth-order valence-electron chi connectivity index (χ4n) is 0.794. The van der Waals surface area contributed by atoms with Gasteiger partial charge in [0.2, 0.25) is 10.6 Å². The SMILES string of the molecule is CO[P+]1(SCl)OCC[C@@H](C)O1. The van der Waals surface area contributed by atoms with Crippen LogP contribution in [0, 0.1) is 0 Å². The molecule has 11 heavy (non-hydrogen) atoms. The van der Waals surface area contributed by atoms with Crippen LogP contribution in [0.1, 0.15) is 13.3 Å². The molecule has 1 heterocycles. The molecule has 0 spiro atoms. The topological polar surface area (TPSA) is 27.7 Å². The van der Waals surface area contributed by atoms with E-state index in [1.165, 1.54) is 0 Å². The van der Waals surface area contributed by atoms with Gasteiger partial charge in [0.15, 0.2) is 0 Å². The zero-order valence-electron chi connectivity index (χ0n) is 6.45. The predicted octanol–water partition coefficient (Wildman–Crippen LogP) is 3.02. The van der Waals surface area contributed by atoms with Crippen LogP contribution < -0.4 is 0 Å². The van der Waals surface area contributed by atoms with Crippen LogP contribution in [0.15, 0.2) is 0 Å². The minimum absolute atomic E-state index is 0.184. The van der Waals surface area contributed by atoms with E-state index in [1.54, 1.807) is 7.11 Å². The zero-order valence-corrected chi connectivity index (χ0v) is 8.92. The van der Waals surface area contributed by atoms with Crippen molar-refractivity contribution in [2.75, 3.05) is 13.7 Å². The number of halogens is 1. The largest absolute Gasteiger partial charge is 0.497 e. The minimum Gasteiger partial charge on any atom is -0.171 e. The van der Waals surface area contributed by atoms with Gasteiger partial charge in [-0.25, -0.2) is 0 Å². The Morgan fingerprint density at radius 2 is 2.45 bits per heavy atom. The molecule has 1 fully saturated rings. The highest BCUT2D eigenvalue weighted by molar-refractivity contribution is 8.68. The van der Waals surface area contributed by atoms with Crippen molar-refractivity contribution < 1.29 is 13.6 Å². The summed E-state index contributed by atoms with van der Waals surface area (Å²) in [6, 6.07) is 0. The van der Waals surface area contributed by atoms with E-state index in [4.69, 9.17) is 24.3 Å². The molecule has 0 aromatic carbocycles. The molecule has 0 amide bonds. The highest BCUT2D eigenvalue weighted by Crippen LogP contribution is 2.75. The van der Waals surface area contributed by atoms with Crippen LogP contribution in [0.3, 0.4) is 0 Å². The van der Waals surface area contributed by atoms with Gasteiger partial charge in [-0.05, 0) is 6.92 Å². The maximum atomic E-state index is 5.59. The van der Waals surface area contributed by atoms with Crippen molar-refractivity contribution in [3.8, 4) is 0 Å². The number of hydrogen-bond acceptors (Lipinski definition) is 4. The second-order valence-electron chi connectivity index (χ2n) is 2.24. The molecule has 3 nitrogen and oxygen atoms in total. The highest BCUT2D eigenvalue weighted by atomic mass is 35.7. The molecule has 1 unspecified atom stereocenters. The zero-order chi connectivity index (χ0) is 8.32. The van der Waals surface area contributed by atoms with E-state index in [9.17, 15) is 0 Å². The molecule has 1 aliphatic rings. The molecule has 1 saturated heterocycles. The monoisotopic (exact) mass is 217 g/mol. The second-order valence-corrected chi connectivity index (χ2v) is 7.10. The van der Waals surface area contributed by atoms with Crippen LogP contribution in [0.4, 0.5) is 0 Å². The van der Waals surface area contributed by atoms with Crippen molar-refractivity contribution in [1.29, 1.82) is 0 Å². The van der Waals surface area contributed by atoms with Crippen LogP contribution in [0.25, 0.3) is 0 Å². The third-order valence-corrected chi connectivity index (χ3v) is 6.17. The Balaban J connectivity index is 2.52. The molecule has 66 valence electrons. The van der Waals surface area contributed by atoms with Crippen LogP contribution >= 0.6 is 28.4 Å². The third kappa shape index (κ3) is 2.44. The highest BCUT2D eigenvalue weighted by Gasteiger charge is 2.51. The van der Waals surface area contributed by atoms with Crippen molar-refractivity contribution in [2.24, 2.45) is 0 Å². The first-order valence-corrected chi connectivity index (χ1v) is 7.09. The van der Waals surface area contributed by atoms with Gasteiger partial charge in [-0.15, -0.1) is 0 Å². The lowest BCUT2D eigenvalue weighted by Crippen LogP contribution is -2.19. The third-order valence-electron chi connectivity index (χ3n) is 1.39. The first-order valence-electron chi connectivity index (χ1n) is 3.30. The molecule has 0 N–H and O–H groups in total. The molecular weight excluding hydrogens is 207 g/mol. The molecule has 0 bridgehead atoms. The van der Waals surface area contributed by atoms with Gasteiger partial charge in [-0.2, -0.15) is 13.6 Å². The van der Waals surface area contributed by atoms with Crippen molar-refractivity contribution in [3.05, 3.63) is 0 Å². The first kappa shape index (κ1) is 10.0. The van der Waals surface area contributed by atoms with Gasteiger partial charge in [0, 0.05) is 17.1 Å². The Labute approximate surface area is 75.6 Å². The molecular formula is C5H11ClO3PS+. The summed E-state index contributed by atoms with van der Waals surface area (Å²) in [4.78, 5) is 0. The van der Waals surface area contributed by atoms with Gasteiger partial charge in [-0.1, -0.05) is 0 Å². The lowest BCUT2D eigenvalue weighted by molar-refractivity contribution is 0.0753. The van der Waals surface area contributed by atoms with Gasteiger partial charge in [0.1, 0.15) is 12.7 Å². The van der Waals surface area contributed by atoms with Crippen molar-refractivity contribution in [1.82, 2.24) is 0 Å². The second kappa shape index (κ2) is 4.26. The summed E-state index contributed by atoms with van der Waals surface area (Å²) in [5, 5.41) is 0. The summed E-state index contributed by atoms with van der Waals surface area (Å²) in [7, 11) is 5.94. The normalized spacial score (nSPS) is 39.0. The molecule has 0 saturated carbocycles.